The first-order valence-electron chi connectivity index (χ1n) is 9.11. The molecule has 0 aliphatic carbocycles. The number of hydrogen-bond acceptors (Lipinski definition) is 2. The molecule has 126 valence electrons. The van der Waals surface area contributed by atoms with Crippen LogP contribution >= 0.6 is 0 Å². The first-order valence-corrected chi connectivity index (χ1v) is 9.11. The highest BCUT2D eigenvalue weighted by Crippen LogP contribution is 2.09. The number of carbonyl (C=O) groups excluding carboxylic acids is 1. The molecule has 1 fully saturated rings. The molecule has 0 radical (unpaired) electrons. The fourth-order valence-corrected chi connectivity index (χ4v) is 3.11. The van der Waals surface area contributed by atoms with E-state index < -0.39 is 5.97 Å². The molecule has 0 aromatic carbocycles. The van der Waals surface area contributed by atoms with Crippen molar-refractivity contribution in [3.05, 3.63) is 0 Å². The standard InChI is InChI=1S/C16H33N.C2H4O2/c1-3-5-6-7-8-9-10-11-13-17-14-12-16(4-2)15-17;1-2(3)4/h16H,3-15H2,1-2H3;1H3,(H,3,4). The third-order valence-corrected chi connectivity index (χ3v) is 4.44. The monoisotopic (exact) mass is 299 g/mol. The number of carboxylic acid groups (broad SMARTS) is 1. The normalized spacial score (nSPS) is 20.9. The fraction of sp³-hybridized carbons (Fsp3) is 0.944. The van der Waals surface area contributed by atoms with Crippen LogP contribution in [0.3, 0.4) is 0 Å². The van der Waals surface area contributed by atoms with E-state index >= 15 is 0 Å². The highest BCUT2D eigenvalue weighted by atomic mass is 16.4. The van der Waals surface area contributed by atoms with Gasteiger partial charge in [0.15, 0.2) is 0 Å². The van der Waals surface area contributed by atoms with E-state index in [9.17, 15) is 0 Å². The summed E-state index contributed by atoms with van der Waals surface area (Å²) in [7, 11) is 0. The van der Waals surface area contributed by atoms with E-state index in [0.717, 1.165) is 12.8 Å². The topological polar surface area (TPSA) is 44.6 Å². The molecule has 1 aliphatic rings. The molecule has 21 heavy (non-hydrogen) atoms. The summed E-state index contributed by atoms with van der Waals surface area (Å²) in [5.74, 6) is -0.0426. The summed E-state index contributed by atoms with van der Waals surface area (Å²) in [6, 6.07) is 0. The van der Waals surface area contributed by atoms with Crippen LogP contribution in [0.5, 0.6) is 0 Å². The maximum Gasteiger partial charge on any atom is 0.0801 e. The van der Waals surface area contributed by atoms with Crippen molar-refractivity contribution in [1.82, 2.24) is 0 Å². The van der Waals surface area contributed by atoms with Gasteiger partial charge in [0.05, 0.1) is 19.6 Å². The van der Waals surface area contributed by atoms with Gasteiger partial charge in [-0.15, -0.1) is 0 Å². The smallest absolute Gasteiger partial charge is 0.0801 e. The molecular formula is C18H37NO2. The Morgan fingerprint density at radius 1 is 1.05 bits per heavy atom. The Morgan fingerprint density at radius 2 is 1.57 bits per heavy atom. The molecular weight excluding hydrogens is 262 g/mol. The second-order valence-corrected chi connectivity index (χ2v) is 6.48. The van der Waals surface area contributed by atoms with Crippen LogP contribution in [0.1, 0.15) is 85.0 Å². The quantitative estimate of drug-likeness (QED) is 0.629. The van der Waals surface area contributed by atoms with Crippen LogP contribution in [-0.2, 0) is 4.79 Å². The van der Waals surface area contributed by atoms with Gasteiger partial charge in [0, 0.05) is 18.3 Å². The summed E-state index contributed by atoms with van der Waals surface area (Å²) in [5, 5.41) is 8.89. The average molecular weight is 299 g/mol. The third-order valence-electron chi connectivity index (χ3n) is 4.44. The van der Waals surface area contributed by atoms with Crippen LogP contribution in [0.25, 0.3) is 0 Å². The molecule has 1 saturated heterocycles. The summed E-state index contributed by atoms with van der Waals surface area (Å²) in [6.45, 7) is 9.99. The lowest BCUT2D eigenvalue weighted by atomic mass is 10.1. The van der Waals surface area contributed by atoms with Crippen molar-refractivity contribution in [2.45, 2.75) is 85.0 Å². The molecule has 3 nitrogen and oxygen atoms in total. The largest absolute Gasteiger partial charge is 0.550 e. The first kappa shape index (κ1) is 20.4. The Hall–Kier alpha value is -0.570. The summed E-state index contributed by atoms with van der Waals surface area (Å²) in [4.78, 5) is 10.8. The van der Waals surface area contributed by atoms with E-state index in [-0.39, 0.29) is 0 Å². The van der Waals surface area contributed by atoms with E-state index in [2.05, 4.69) is 13.8 Å². The van der Waals surface area contributed by atoms with Crippen molar-refractivity contribution >= 4 is 5.97 Å². The van der Waals surface area contributed by atoms with Gasteiger partial charge in [-0.25, -0.2) is 0 Å². The van der Waals surface area contributed by atoms with Crippen molar-refractivity contribution in [2.75, 3.05) is 19.6 Å². The van der Waals surface area contributed by atoms with Crippen LogP contribution in [0.15, 0.2) is 0 Å². The molecule has 1 N–H and O–H groups in total. The molecule has 2 atom stereocenters. The first-order chi connectivity index (χ1) is 10.1. The lowest BCUT2D eigenvalue weighted by Crippen LogP contribution is -3.10. The molecule has 1 heterocycles. The second kappa shape index (κ2) is 14.4. The van der Waals surface area contributed by atoms with Gasteiger partial charge in [0.1, 0.15) is 0 Å². The number of hydrogen-bond donors (Lipinski definition) is 1. The summed E-state index contributed by atoms with van der Waals surface area (Å²) in [5.41, 5.74) is 0. The van der Waals surface area contributed by atoms with Gasteiger partial charge in [-0.2, -0.15) is 0 Å². The Kier molecular flexibility index (Phi) is 14.0. The van der Waals surface area contributed by atoms with Crippen LogP contribution in [0, 0.1) is 5.92 Å². The van der Waals surface area contributed by atoms with Crippen molar-refractivity contribution in [3.63, 3.8) is 0 Å². The summed E-state index contributed by atoms with van der Waals surface area (Å²) < 4.78 is 0. The van der Waals surface area contributed by atoms with Crippen LogP contribution in [0.4, 0.5) is 0 Å². The zero-order valence-corrected chi connectivity index (χ0v) is 14.6. The number of carboxylic acids is 1. The average Bonchev–Trinajstić information content (AvgIpc) is 2.89. The van der Waals surface area contributed by atoms with Crippen molar-refractivity contribution in [2.24, 2.45) is 5.92 Å². The van der Waals surface area contributed by atoms with Crippen LogP contribution in [0.2, 0.25) is 0 Å². The molecule has 0 aromatic heterocycles. The number of carbonyl (C=O) groups is 1. The SMILES string of the molecule is CC(=O)[O-].CCCCCCCCCC[NH+]1CCC(CC)C1. The van der Waals surface area contributed by atoms with E-state index in [1.807, 2.05) is 4.90 Å². The number of aliphatic carboxylic acids is 1. The fourth-order valence-electron chi connectivity index (χ4n) is 3.11. The molecule has 0 saturated carbocycles. The Labute approximate surface area is 132 Å². The summed E-state index contributed by atoms with van der Waals surface area (Å²) in [6.07, 6.45) is 14.6. The molecule has 0 bridgehead atoms. The van der Waals surface area contributed by atoms with Gasteiger partial charge in [0.25, 0.3) is 0 Å². The van der Waals surface area contributed by atoms with E-state index in [1.54, 1.807) is 0 Å². The van der Waals surface area contributed by atoms with Crippen LogP contribution in [-0.4, -0.2) is 25.6 Å². The van der Waals surface area contributed by atoms with E-state index in [4.69, 9.17) is 9.90 Å². The van der Waals surface area contributed by atoms with Gasteiger partial charge in [-0.1, -0.05) is 52.4 Å². The zero-order valence-electron chi connectivity index (χ0n) is 14.6. The van der Waals surface area contributed by atoms with Crippen molar-refractivity contribution < 1.29 is 14.8 Å². The van der Waals surface area contributed by atoms with Crippen molar-refractivity contribution in [1.29, 1.82) is 0 Å². The van der Waals surface area contributed by atoms with E-state index in [1.165, 1.54) is 83.8 Å². The van der Waals surface area contributed by atoms with Gasteiger partial charge >= 0.3 is 0 Å². The number of quaternary nitrogens is 1. The molecule has 0 aromatic rings. The highest BCUT2D eigenvalue weighted by molar-refractivity contribution is 5.60. The maximum atomic E-state index is 8.89. The number of likely N-dealkylation sites (tertiary alicyclic amines) is 1. The molecule has 0 spiro atoms. The summed E-state index contributed by atoms with van der Waals surface area (Å²) >= 11 is 0. The second-order valence-electron chi connectivity index (χ2n) is 6.48. The minimum atomic E-state index is -1.08. The minimum Gasteiger partial charge on any atom is -0.550 e. The lowest BCUT2D eigenvalue weighted by molar-refractivity contribution is -0.889. The zero-order chi connectivity index (χ0) is 15.9. The Morgan fingerprint density at radius 3 is 2.05 bits per heavy atom. The Bertz CT molecular complexity index is 239. The van der Waals surface area contributed by atoms with E-state index in [0.29, 0.717) is 0 Å². The molecule has 2 unspecified atom stereocenters. The molecule has 0 amide bonds. The minimum absolute atomic E-state index is 0.972. The number of nitrogens with one attached hydrogen (secondary N) is 1. The molecule has 3 heteroatoms. The maximum absolute atomic E-state index is 8.89. The lowest BCUT2D eigenvalue weighted by Gasteiger charge is -2.12. The van der Waals surface area contributed by atoms with Gasteiger partial charge in [-0.05, 0) is 26.2 Å². The number of unbranched alkanes of at least 4 members (excludes halogenated alkanes) is 7. The van der Waals surface area contributed by atoms with Gasteiger partial charge in [0.2, 0.25) is 0 Å². The molecule has 1 rings (SSSR count). The third kappa shape index (κ3) is 14.1. The predicted octanol–water partition coefficient (Wildman–Crippen LogP) is 2.20. The van der Waals surface area contributed by atoms with Crippen LogP contribution < -0.4 is 10.0 Å². The highest BCUT2D eigenvalue weighted by Gasteiger charge is 2.23. The van der Waals surface area contributed by atoms with Gasteiger partial charge < -0.3 is 14.8 Å². The predicted molar refractivity (Wildman–Crippen MR) is 87.3 cm³/mol. The van der Waals surface area contributed by atoms with Crippen molar-refractivity contribution in [3.8, 4) is 0 Å². The Balaban J connectivity index is 0.000000885. The number of rotatable bonds is 10. The molecule has 1 aliphatic heterocycles. The van der Waals surface area contributed by atoms with Gasteiger partial charge in [-0.3, -0.25) is 0 Å².